The van der Waals surface area contributed by atoms with Gasteiger partial charge in [0.1, 0.15) is 0 Å². The monoisotopic (exact) mass is 420 g/mol. The van der Waals surface area contributed by atoms with Crippen molar-refractivity contribution in [3.63, 3.8) is 0 Å². The van der Waals surface area contributed by atoms with Crippen LogP contribution in [0.25, 0.3) is 0 Å². The number of benzene rings is 3. The van der Waals surface area contributed by atoms with E-state index < -0.39 is 10.0 Å². The highest BCUT2D eigenvalue weighted by Crippen LogP contribution is 2.31. The lowest BCUT2D eigenvalue weighted by Gasteiger charge is -2.27. The zero-order valence-corrected chi connectivity index (χ0v) is 17.6. The van der Waals surface area contributed by atoms with Gasteiger partial charge in [-0.05, 0) is 54.7 Å². The second kappa shape index (κ2) is 8.32. The molecule has 0 aliphatic heterocycles. The lowest BCUT2D eigenvalue weighted by Crippen LogP contribution is -2.33. The van der Waals surface area contributed by atoms with Crippen molar-refractivity contribution in [2.24, 2.45) is 0 Å². The molecule has 30 heavy (non-hydrogen) atoms. The van der Waals surface area contributed by atoms with Crippen LogP contribution in [0.15, 0.2) is 83.8 Å². The van der Waals surface area contributed by atoms with Crippen molar-refractivity contribution >= 4 is 21.6 Å². The van der Waals surface area contributed by atoms with E-state index in [1.54, 1.807) is 54.6 Å². The van der Waals surface area contributed by atoms with Gasteiger partial charge >= 0.3 is 0 Å². The average molecular weight is 421 g/mol. The Balaban J connectivity index is 1.63. The summed E-state index contributed by atoms with van der Waals surface area (Å²) in [6, 6.07) is 23.1. The number of aryl methyl sites for hydroxylation is 1. The third-order valence-corrected chi connectivity index (χ3v) is 7.35. The van der Waals surface area contributed by atoms with Crippen LogP contribution in [0.3, 0.4) is 0 Å². The van der Waals surface area contributed by atoms with E-state index in [2.05, 4.69) is 17.4 Å². The Hall–Kier alpha value is -3.12. The molecule has 1 atom stereocenters. The van der Waals surface area contributed by atoms with Crippen molar-refractivity contribution in [3.05, 3.63) is 95.6 Å². The number of nitrogens with one attached hydrogen (secondary N) is 1. The van der Waals surface area contributed by atoms with E-state index in [1.165, 1.54) is 16.9 Å². The Bertz CT molecular complexity index is 1160. The molecule has 1 N–H and O–H groups in total. The topological polar surface area (TPSA) is 66.5 Å². The van der Waals surface area contributed by atoms with Crippen LogP contribution < -0.4 is 9.62 Å². The highest BCUT2D eigenvalue weighted by molar-refractivity contribution is 7.92. The van der Waals surface area contributed by atoms with Crippen LogP contribution in [-0.4, -0.2) is 21.4 Å². The molecule has 0 fully saturated rings. The first-order valence-electron chi connectivity index (χ1n) is 10.00. The largest absolute Gasteiger partial charge is 0.345 e. The smallest absolute Gasteiger partial charge is 0.264 e. The van der Waals surface area contributed by atoms with Crippen molar-refractivity contribution < 1.29 is 13.2 Å². The van der Waals surface area contributed by atoms with Gasteiger partial charge < -0.3 is 5.32 Å². The molecule has 1 aliphatic rings. The number of carbonyl (C=O) groups excluding carboxylic acids is 1. The molecule has 0 unspecified atom stereocenters. The van der Waals surface area contributed by atoms with Crippen molar-refractivity contribution in [3.8, 4) is 0 Å². The van der Waals surface area contributed by atoms with Crippen LogP contribution in [0, 0.1) is 0 Å². The normalized spacial score (nSPS) is 15.8. The number of hydrogen-bond donors (Lipinski definition) is 1. The molecule has 0 bridgehead atoms. The maximum Gasteiger partial charge on any atom is 0.264 e. The van der Waals surface area contributed by atoms with Gasteiger partial charge in [0, 0.05) is 7.05 Å². The summed E-state index contributed by atoms with van der Waals surface area (Å²) >= 11 is 0. The molecule has 1 aliphatic carbocycles. The van der Waals surface area contributed by atoms with E-state index in [1.807, 2.05) is 12.1 Å². The van der Waals surface area contributed by atoms with Crippen molar-refractivity contribution in [1.82, 2.24) is 5.32 Å². The van der Waals surface area contributed by atoms with Crippen LogP contribution >= 0.6 is 0 Å². The summed E-state index contributed by atoms with van der Waals surface area (Å²) in [5, 5.41) is 3.12. The molecule has 5 nitrogen and oxygen atoms in total. The van der Waals surface area contributed by atoms with Crippen molar-refractivity contribution in [1.29, 1.82) is 0 Å². The molecule has 154 valence electrons. The number of sulfonamides is 1. The lowest BCUT2D eigenvalue weighted by molar-refractivity contribution is 0.0933. The molecule has 0 saturated heterocycles. The first kappa shape index (κ1) is 20.2. The Morgan fingerprint density at radius 2 is 1.60 bits per heavy atom. The second-order valence-corrected chi connectivity index (χ2v) is 9.39. The van der Waals surface area contributed by atoms with Gasteiger partial charge in [-0.1, -0.05) is 54.6 Å². The van der Waals surface area contributed by atoms with E-state index in [0.29, 0.717) is 11.3 Å². The predicted molar refractivity (Wildman–Crippen MR) is 118 cm³/mol. The highest BCUT2D eigenvalue weighted by Gasteiger charge is 2.27. The fourth-order valence-corrected chi connectivity index (χ4v) is 5.20. The average Bonchev–Trinajstić information content (AvgIpc) is 2.79. The zero-order valence-electron chi connectivity index (χ0n) is 16.8. The number of anilines is 1. The number of nitrogens with zero attached hydrogens (tertiary/aromatic N) is 1. The van der Waals surface area contributed by atoms with Crippen molar-refractivity contribution in [2.75, 3.05) is 11.4 Å². The number of carbonyl (C=O) groups is 1. The lowest BCUT2D eigenvalue weighted by atomic mass is 9.87. The summed E-state index contributed by atoms with van der Waals surface area (Å²) in [4.78, 5) is 13.4. The Morgan fingerprint density at radius 1 is 0.933 bits per heavy atom. The van der Waals surface area contributed by atoms with Gasteiger partial charge in [-0.25, -0.2) is 8.42 Å². The first-order valence-corrected chi connectivity index (χ1v) is 11.4. The standard InChI is InChI=1S/C24H24N2O3S/c1-26(30(28,29)19-12-3-2-4-13-19)23-17-8-7-15-21(23)24(27)25-22-16-9-11-18-10-5-6-14-20(18)22/h2-8,10,12-15,17,22H,9,11,16H2,1H3,(H,25,27)/t22-/m1/s1. The quantitative estimate of drug-likeness (QED) is 0.669. The molecule has 3 aromatic carbocycles. The minimum absolute atomic E-state index is 0.0773. The third kappa shape index (κ3) is 3.83. The van der Waals surface area contributed by atoms with Gasteiger partial charge in [-0.3, -0.25) is 9.10 Å². The summed E-state index contributed by atoms with van der Waals surface area (Å²) in [6.45, 7) is 0. The fraction of sp³-hybridized carbons (Fsp3) is 0.208. The van der Waals surface area contributed by atoms with Gasteiger partial charge in [0.25, 0.3) is 15.9 Å². The van der Waals surface area contributed by atoms with E-state index in [0.717, 1.165) is 24.8 Å². The number of hydrogen-bond acceptors (Lipinski definition) is 3. The molecule has 1 amide bonds. The van der Waals surface area contributed by atoms with Gasteiger partial charge in [0.15, 0.2) is 0 Å². The molecule has 6 heteroatoms. The molecule has 0 heterocycles. The molecule has 0 spiro atoms. The van der Waals surface area contributed by atoms with Crippen LogP contribution in [0.2, 0.25) is 0 Å². The molecule has 0 saturated carbocycles. The predicted octanol–water partition coefficient (Wildman–Crippen LogP) is 4.32. The summed E-state index contributed by atoms with van der Waals surface area (Å²) < 4.78 is 27.3. The van der Waals surface area contributed by atoms with E-state index in [4.69, 9.17) is 0 Å². The van der Waals surface area contributed by atoms with Crippen molar-refractivity contribution in [2.45, 2.75) is 30.2 Å². The number of para-hydroxylation sites is 1. The van der Waals surface area contributed by atoms with Crippen LogP contribution in [-0.2, 0) is 16.4 Å². The Morgan fingerprint density at radius 3 is 2.40 bits per heavy atom. The van der Waals surface area contributed by atoms with Gasteiger partial charge in [0.05, 0.1) is 22.2 Å². The zero-order chi connectivity index (χ0) is 21.1. The molecule has 3 aromatic rings. The fourth-order valence-electron chi connectivity index (χ4n) is 3.96. The molecule has 0 radical (unpaired) electrons. The van der Waals surface area contributed by atoms with Gasteiger partial charge in [-0.15, -0.1) is 0 Å². The van der Waals surface area contributed by atoms with E-state index in [-0.39, 0.29) is 16.8 Å². The Labute approximate surface area is 177 Å². The highest BCUT2D eigenvalue weighted by atomic mass is 32.2. The second-order valence-electron chi connectivity index (χ2n) is 7.42. The first-order chi connectivity index (χ1) is 14.5. The SMILES string of the molecule is CN(c1ccccc1C(=O)N[C@@H]1CCCc2ccccc21)S(=O)(=O)c1ccccc1. The number of rotatable bonds is 5. The van der Waals surface area contributed by atoms with Gasteiger partial charge in [0.2, 0.25) is 0 Å². The van der Waals surface area contributed by atoms with Crippen LogP contribution in [0.1, 0.15) is 40.4 Å². The number of amides is 1. The Kier molecular flexibility index (Phi) is 5.59. The van der Waals surface area contributed by atoms with E-state index in [9.17, 15) is 13.2 Å². The minimum Gasteiger partial charge on any atom is -0.345 e. The minimum atomic E-state index is -3.78. The third-order valence-electron chi connectivity index (χ3n) is 5.56. The maximum absolute atomic E-state index is 13.2. The summed E-state index contributed by atoms with van der Waals surface area (Å²) in [6.07, 6.45) is 2.88. The maximum atomic E-state index is 13.2. The molecular weight excluding hydrogens is 396 g/mol. The van der Waals surface area contributed by atoms with Gasteiger partial charge in [-0.2, -0.15) is 0 Å². The number of fused-ring (bicyclic) bond motifs is 1. The summed E-state index contributed by atoms with van der Waals surface area (Å²) in [7, 11) is -2.30. The summed E-state index contributed by atoms with van der Waals surface area (Å²) in [5.74, 6) is -0.276. The molecule has 0 aromatic heterocycles. The van der Waals surface area contributed by atoms with Crippen LogP contribution in [0.4, 0.5) is 5.69 Å². The van der Waals surface area contributed by atoms with Crippen LogP contribution in [0.5, 0.6) is 0 Å². The molecular formula is C24H24N2O3S. The summed E-state index contributed by atoms with van der Waals surface area (Å²) in [5.41, 5.74) is 3.08. The van der Waals surface area contributed by atoms with E-state index >= 15 is 0 Å². The molecule has 4 rings (SSSR count).